The minimum atomic E-state index is -3.43. The zero-order valence-electron chi connectivity index (χ0n) is 13.6. The maximum atomic E-state index is 13.1. The normalized spacial score (nSPS) is 11.7. The van der Waals surface area contributed by atoms with Crippen LogP contribution in [-0.4, -0.2) is 24.6 Å². The quantitative estimate of drug-likeness (QED) is 0.587. The van der Waals surface area contributed by atoms with Gasteiger partial charge in [-0.2, -0.15) is 0 Å². The van der Waals surface area contributed by atoms with Gasteiger partial charge in [0.1, 0.15) is 0 Å². The molecule has 0 radical (unpaired) electrons. The van der Waals surface area contributed by atoms with Gasteiger partial charge in [-0.15, -0.1) is 11.3 Å². The van der Waals surface area contributed by atoms with Gasteiger partial charge in [-0.3, -0.25) is 14.5 Å². The van der Waals surface area contributed by atoms with Gasteiger partial charge in [0.2, 0.25) is 10.0 Å². The molecule has 130 valence electrons. The number of hydrogen-bond donors (Lipinski definition) is 1. The van der Waals surface area contributed by atoms with Crippen molar-refractivity contribution < 1.29 is 8.42 Å². The first-order chi connectivity index (χ1) is 12.4. The molecule has 4 rings (SSSR count). The van der Waals surface area contributed by atoms with E-state index in [2.05, 4.69) is 14.7 Å². The number of thiazole rings is 1. The highest BCUT2D eigenvalue weighted by Crippen LogP contribution is 2.23. The molecule has 8 heteroatoms. The first kappa shape index (κ1) is 16.6. The van der Waals surface area contributed by atoms with Crippen LogP contribution >= 0.6 is 11.3 Å². The third-order valence-electron chi connectivity index (χ3n) is 3.91. The topological polar surface area (TPSA) is 89.0 Å². The largest absolute Gasteiger partial charge is 0.289 e. The Hall–Kier alpha value is -2.84. The van der Waals surface area contributed by atoms with E-state index in [1.807, 2.05) is 5.38 Å². The lowest BCUT2D eigenvalue weighted by Crippen LogP contribution is -2.10. The van der Waals surface area contributed by atoms with E-state index in [4.69, 9.17) is 0 Å². The molecule has 0 atom stereocenters. The van der Waals surface area contributed by atoms with Crippen LogP contribution in [-0.2, 0) is 10.0 Å². The summed E-state index contributed by atoms with van der Waals surface area (Å²) in [5.74, 6) is 0. The van der Waals surface area contributed by atoms with Crippen molar-refractivity contribution in [1.29, 1.82) is 0 Å². The highest BCUT2D eigenvalue weighted by Gasteiger charge is 2.09. The van der Waals surface area contributed by atoms with Crippen molar-refractivity contribution in [2.75, 3.05) is 11.0 Å². The number of nitrogens with one attached hydrogen (secondary N) is 1. The number of sulfonamides is 1. The molecule has 4 aromatic rings. The predicted octanol–water partition coefficient (Wildman–Crippen LogP) is 3.24. The van der Waals surface area contributed by atoms with E-state index in [1.54, 1.807) is 48.1 Å². The lowest BCUT2D eigenvalue weighted by molar-refractivity contribution is 0.607. The second kappa shape index (κ2) is 6.15. The van der Waals surface area contributed by atoms with E-state index >= 15 is 0 Å². The molecule has 26 heavy (non-hydrogen) atoms. The number of hydrogen-bond acceptors (Lipinski definition) is 6. The Morgan fingerprint density at radius 3 is 2.58 bits per heavy atom. The van der Waals surface area contributed by atoms with Crippen LogP contribution in [0.4, 0.5) is 5.69 Å². The van der Waals surface area contributed by atoms with Crippen LogP contribution in [0.5, 0.6) is 0 Å². The fraction of sp³-hybridized carbons (Fsp3) is 0.0556. The number of nitrogens with zero attached hydrogens (tertiary/aromatic N) is 2. The molecule has 0 bridgehead atoms. The van der Waals surface area contributed by atoms with Gasteiger partial charge in [0.15, 0.2) is 5.43 Å². The number of aromatic nitrogens is 2. The van der Waals surface area contributed by atoms with Crippen LogP contribution in [0.15, 0.2) is 58.3 Å². The third kappa shape index (κ3) is 3.16. The second-order valence-electron chi connectivity index (χ2n) is 5.87. The summed E-state index contributed by atoms with van der Waals surface area (Å²) < 4.78 is 25.3. The molecule has 6 nitrogen and oxygen atoms in total. The molecule has 0 fully saturated rings. The Kier molecular flexibility index (Phi) is 3.93. The molecule has 0 aliphatic heterocycles. The summed E-state index contributed by atoms with van der Waals surface area (Å²) in [5.41, 5.74) is 3.96. The van der Waals surface area contributed by atoms with Crippen LogP contribution in [0.2, 0.25) is 0 Å². The van der Waals surface area contributed by atoms with Crippen molar-refractivity contribution >= 4 is 48.7 Å². The summed E-state index contributed by atoms with van der Waals surface area (Å²) in [6.07, 6.45) is 2.76. The summed E-state index contributed by atoms with van der Waals surface area (Å²) in [4.78, 5) is 21.7. The van der Waals surface area contributed by atoms with Gasteiger partial charge in [-0.05, 0) is 29.7 Å². The zero-order valence-corrected chi connectivity index (χ0v) is 15.3. The van der Waals surface area contributed by atoms with Crippen molar-refractivity contribution in [3.63, 3.8) is 0 Å². The zero-order chi connectivity index (χ0) is 18.3. The molecule has 0 saturated heterocycles. The monoisotopic (exact) mass is 383 g/mol. The number of anilines is 1. The molecule has 0 aliphatic rings. The maximum Gasteiger partial charge on any atom is 0.229 e. The van der Waals surface area contributed by atoms with Crippen LogP contribution < -0.4 is 10.2 Å². The minimum absolute atomic E-state index is 0.207. The van der Waals surface area contributed by atoms with Gasteiger partial charge in [-0.25, -0.2) is 13.4 Å². The van der Waals surface area contributed by atoms with Gasteiger partial charge < -0.3 is 0 Å². The van der Waals surface area contributed by atoms with Crippen molar-refractivity contribution in [1.82, 2.24) is 9.97 Å². The first-order valence-corrected chi connectivity index (χ1v) is 10.5. The Morgan fingerprint density at radius 2 is 1.85 bits per heavy atom. The van der Waals surface area contributed by atoms with Gasteiger partial charge in [-0.1, -0.05) is 12.1 Å². The average Bonchev–Trinajstić information content (AvgIpc) is 3.09. The molecule has 0 amide bonds. The molecule has 0 spiro atoms. The van der Waals surface area contributed by atoms with Crippen molar-refractivity contribution in [2.24, 2.45) is 0 Å². The molecule has 0 saturated carbocycles. The highest BCUT2D eigenvalue weighted by molar-refractivity contribution is 7.92. The maximum absolute atomic E-state index is 13.1. The lowest BCUT2D eigenvalue weighted by atomic mass is 10.1. The fourth-order valence-electron chi connectivity index (χ4n) is 2.77. The van der Waals surface area contributed by atoms with Gasteiger partial charge in [0.25, 0.3) is 0 Å². The number of rotatable bonds is 3. The van der Waals surface area contributed by atoms with Crippen molar-refractivity contribution in [3.8, 4) is 11.3 Å². The third-order valence-corrected chi connectivity index (χ3v) is 5.11. The average molecular weight is 383 g/mol. The Balaban J connectivity index is 2.01. The van der Waals surface area contributed by atoms with Crippen molar-refractivity contribution in [2.45, 2.75) is 0 Å². The summed E-state index contributed by atoms with van der Waals surface area (Å²) in [6.45, 7) is 0. The number of pyridine rings is 1. The van der Waals surface area contributed by atoms with E-state index in [1.165, 1.54) is 11.3 Å². The molecular weight excluding hydrogens is 370 g/mol. The highest BCUT2D eigenvalue weighted by atomic mass is 32.2. The van der Waals surface area contributed by atoms with Crippen molar-refractivity contribution in [3.05, 3.63) is 63.7 Å². The van der Waals surface area contributed by atoms with E-state index in [9.17, 15) is 13.2 Å². The minimum Gasteiger partial charge on any atom is -0.289 e. The second-order valence-corrected chi connectivity index (χ2v) is 8.34. The van der Waals surface area contributed by atoms with Gasteiger partial charge in [0, 0.05) is 33.6 Å². The first-order valence-electron chi connectivity index (χ1n) is 7.64. The van der Waals surface area contributed by atoms with Gasteiger partial charge in [0.05, 0.1) is 23.0 Å². The number of fused-ring (bicyclic) bond motifs is 2. The van der Waals surface area contributed by atoms with Gasteiger partial charge >= 0.3 is 0 Å². The number of benzene rings is 1. The summed E-state index contributed by atoms with van der Waals surface area (Å²) in [5, 5.41) is 3.48. The molecule has 2 heterocycles. The Morgan fingerprint density at radius 1 is 1.04 bits per heavy atom. The molecule has 2 aromatic heterocycles. The van der Waals surface area contributed by atoms with Crippen LogP contribution in [0.25, 0.3) is 32.9 Å². The summed E-state index contributed by atoms with van der Waals surface area (Å²) in [6, 6.07) is 10.3. The van der Waals surface area contributed by atoms with Crippen LogP contribution in [0.3, 0.4) is 0 Å². The molecular formula is C18H13N3O3S2. The SMILES string of the molecule is CS(=O)(=O)Nc1ccc2ccc3ncc(-c4cscn4)cc3c(=O)c2c1. The van der Waals surface area contributed by atoms with Crippen LogP contribution in [0.1, 0.15) is 0 Å². The standard InChI is InChI=1S/C18H13N3O3S2/c1-26(23,24)21-13-4-2-11-3-5-16-15(18(22)14(11)7-13)6-12(8-19-16)17-9-25-10-20-17/h2-10,21H,1H3. The summed E-state index contributed by atoms with van der Waals surface area (Å²) in [7, 11) is -3.43. The molecule has 1 N–H and O–H groups in total. The molecule has 0 aliphatic carbocycles. The molecule has 0 unspecified atom stereocenters. The predicted molar refractivity (Wildman–Crippen MR) is 105 cm³/mol. The summed E-state index contributed by atoms with van der Waals surface area (Å²) >= 11 is 1.47. The molecule has 2 aromatic carbocycles. The van der Waals surface area contributed by atoms with Crippen LogP contribution in [0, 0.1) is 0 Å². The Labute approximate surface area is 153 Å². The van der Waals surface area contributed by atoms with E-state index in [0.29, 0.717) is 27.4 Å². The smallest absolute Gasteiger partial charge is 0.229 e. The van der Waals surface area contributed by atoms with E-state index in [0.717, 1.165) is 17.5 Å². The lowest BCUT2D eigenvalue weighted by Gasteiger charge is -2.03. The van der Waals surface area contributed by atoms with E-state index in [-0.39, 0.29) is 5.43 Å². The van der Waals surface area contributed by atoms with E-state index < -0.39 is 10.0 Å². The fourth-order valence-corrected chi connectivity index (χ4v) is 3.89. The Bertz CT molecular complexity index is 1300.